The van der Waals surface area contributed by atoms with Gasteiger partial charge in [0.2, 0.25) is 0 Å². The number of halogens is 1. The van der Waals surface area contributed by atoms with E-state index in [2.05, 4.69) is 4.98 Å². The number of thiazole rings is 1. The van der Waals surface area contributed by atoms with E-state index in [1.165, 1.54) is 23.5 Å². The van der Waals surface area contributed by atoms with Crippen LogP contribution in [0, 0.1) is 18.7 Å². The minimum atomic E-state index is -0.322. The summed E-state index contributed by atoms with van der Waals surface area (Å²) in [7, 11) is 0. The number of carbonyl (C=O) groups is 1. The van der Waals surface area contributed by atoms with Crippen molar-refractivity contribution in [3.05, 3.63) is 40.7 Å². The molecule has 1 unspecified atom stereocenters. The van der Waals surface area contributed by atoms with Crippen LogP contribution < -0.4 is 0 Å². The molecule has 1 atom stereocenters. The van der Waals surface area contributed by atoms with E-state index in [1.807, 2.05) is 18.7 Å². The Morgan fingerprint density at radius 1 is 1.33 bits per heavy atom. The number of likely N-dealkylation sites (tertiary alicyclic amines) is 1. The second kappa shape index (κ2) is 6.99. The quantitative estimate of drug-likeness (QED) is 0.924. The van der Waals surface area contributed by atoms with Crippen LogP contribution in [0.4, 0.5) is 4.39 Å². The Bertz CT molecular complexity index is 719. The van der Waals surface area contributed by atoms with Crippen LogP contribution in [-0.4, -0.2) is 40.1 Å². The van der Waals surface area contributed by atoms with Crippen molar-refractivity contribution in [3.8, 4) is 10.6 Å². The van der Waals surface area contributed by atoms with Crippen LogP contribution in [0.25, 0.3) is 10.6 Å². The van der Waals surface area contributed by atoms with Crippen LogP contribution in [-0.2, 0) is 0 Å². The summed E-state index contributed by atoms with van der Waals surface area (Å²) < 4.78 is 13.1. The van der Waals surface area contributed by atoms with E-state index < -0.39 is 0 Å². The summed E-state index contributed by atoms with van der Waals surface area (Å²) in [5.41, 5.74) is 1.53. The van der Waals surface area contributed by atoms with Crippen molar-refractivity contribution in [2.24, 2.45) is 5.92 Å². The molecule has 0 radical (unpaired) electrons. The van der Waals surface area contributed by atoms with Crippen LogP contribution in [0.1, 0.15) is 35.1 Å². The average Bonchev–Trinajstić information content (AvgIpc) is 2.96. The normalized spacial score (nSPS) is 17.1. The molecular weight excluding hydrogens is 327 g/mol. The molecule has 1 amide bonds. The number of benzene rings is 1. The maximum absolute atomic E-state index is 13.1. The molecule has 1 aliphatic rings. The van der Waals surface area contributed by atoms with E-state index in [9.17, 15) is 14.3 Å². The van der Waals surface area contributed by atoms with Crippen molar-refractivity contribution in [3.63, 3.8) is 0 Å². The van der Waals surface area contributed by atoms with E-state index in [4.69, 9.17) is 0 Å². The molecule has 2 heterocycles. The zero-order chi connectivity index (χ0) is 17.3. The number of rotatable bonds is 3. The van der Waals surface area contributed by atoms with E-state index in [1.54, 1.807) is 12.1 Å². The highest BCUT2D eigenvalue weighted by atomic mass is 32.1. The fourth-order valence-corrected chi connectivity index (χ4v) is 4.08. The van der Waals surface area contributed by atoms with Crippen LogP contribution in [0.15, 0.2) is 24.3 Å². The number of aliphatic hydroxyl groups excluding tert-OH is 1. The maximum Gasteiger partial charge on any atom is 0.265 e. The highest BCUT2D eigenvalue weighted by Crippen LogP contribution is 2.30. The van der Waals surface area contributed by atoms with Crippen LogP contribution in [0.2, 0.25) is 0 Å². The predicted molar refractivity (Wildman–Crippen MR) is 92.6 cm³/mol. The molecule has 0 spiro atoms. The summed E-state index contributed by atoms with van der Waals surface area (Å²) in [6.45, 7) is 4.97. The molecule has 128 valence electrons. The van der Waals surface area contributed by atoms with Crippen LogP contribution in [0.5, 0.6) is 0 Å². The lowest BCUT2D eigenvalue weighted by atomic mass is 9.92. The third-order valence-corrected chi connectivity index (χ3v) is 5.79. The van der Waals surface area contributed by atoms with Gasteiger partial charge >= 0.3 is 0 Å². The van der Waals surface area contributed by atoms with Crippen LogP contribution in [0.3, 0.4) is 0 Å². The van der Waals surface area contributed by atoms with Gasteiger partial charge in [-0.3, -0.25) is 4.79 Å². The molecule has 2 aromatic rings. The Morgan fingerprint density at radius 3 is 2.54 bits per heavy atom. The number of aliphatic hydroxyl groups is 1. The standard InChI is InChI=1S/C18H21FN2O2S/c1-11-16(18(23)21-9-7-13(8-10-21)12(2)22)24-17(20-11)14-3-5-15(19)6-4-14/h3-6,12-13,22H,7-10H2,1-2H3. The van der Waals surface area contributed by atoms with Gasteiger partial charge < -0.3 is 10.0 Å². The predicted octanol–water partition coefficient (Wildman–Crippen LogP) is 3.49. The van der Waals surface area contributed by atoms with Crippen molar-refractivity contribution in [2.45, 2.75) is 32.8 Å². The molecule has 1 saturated heterocycles. The number of hydrogen-bond donors (Lipinski definition) is 1. The molecule has 4 nitrogen and oxygen atoms in total. The molecular formula is C18H21FN2O2S. The third kappa shape index (κ3) is 3.49. The van der Waals surface area contributed by atoms with E-state index in [0.29, 0.717) is 23.7 Å². The summed E-state index contributed by atoms with van der Waals surface area (Å²) >= 11 is 1.35. The first-order valence-corrected chi connectivity index (χ1v) is 8.98. The van der Waals surface area contributed by atoms with Crippen LogP contribution >= 0.6 is 11.3 Å². The molecule has 1 fully saturated rings. The smallest absolute Gasteiger partial charge is 0.265 e. The summed E-state index contributed by atoms with van der Waals surface area (Å²) in [6, 6.07) is 6.15. The van der Waals surface area contributed by atoms with E-state index in [-0.39, 0.29) is 23.7 Å². The SMILES string of the molecule is Cc1nc(-c2ccc(F)cc2)sc1C(=O)N1CCC(C(C)O)CC1. The first-order chi connectivity index (χ1) is 11.5. The lowest BCUT2D eigenvalue weighted by molar-refractivity contribution is 0.0524. The molecule has 1 aromatic heterocycles. The second-order valence-corrected chi connectivity index (χ2v) is 7.31. The molecule has 0 aliphatic carbocycles. The molecule has 24 heavy (non-hydrogen) atoms. The molecule has 0 saturated carbocycles. The van der Waals surface area contributed by atoms with Gasteiger partial charge in [-0.25, -0.2) is 9.37 Å². The lowest BCUT2D eigenvalue weighted by Gasteiger charge is -2.33. The van der Waals surface area contributed by atoms with Gasteiger partial charge in [0.15, 0.2) is 0 Å². The van der Waals surface area contributed by atoms with Gasteiger partial charge in [-0.05, 0) is 56.9 Å². The Hall–Kier alpha value is -1.79. The Labute approximate surface area is 145 Å². The number of aryl methyl sites for hydroxylation is 1. The Kier molecular flexibility index (Phi) is 4.96. The van der Waals surface area contributed by atoms with Crippen molar-refractivity contribution < 1.29 is 14.3 Å². The molecule has 1 aliphatic heterocycles. The summed E-state index contributed by atoms with van der Waals surface area (Å²) in [5.74, 6) is -0.0156. The first kappa shape index (κ1) is 17.0. The highest BCUT2D eigenvalue weighted by Gasteiger charge is 2.28. The zero-order valence-electron chi connectivity index (χ0n) is 13.8. The maximum atomic E-state index is 13.1. The summed E-state index contributed by atoms with van der Waals surface area (Å²) in [6.07, 6.45) is 1.33. The molecule has 1 N–H and O–H groups in total. The molecule has 6 heteroatoms. The Balaban J connectivity index is 1.75. The number of carbonyl (C=O) groups excluding carboxylic acids is 1. The van der Waals surface area contributed by atoms with Crippen molar-refractivity contribution in [2.75, 3.05) is 13.1 Å². The fourth-order valence-electron chi connectivity index (χ4n) is 3.04. The van der Waals surface area contributed by atoms with Crippen molar-refractivity contribution >= 4 is 17.2 Å². The number of piperidine rings is 1. The lowest BCUT2D eigenvalue weighted by Crippen LogP contribution is -2.40. The highest BCUT2D eigenvalue weighted by molar-refractivity contribution is 7.17. The van der Waals surface area contributed by atoms with Gasteiger partial charge in [0.1, 0.15) is 15.7 Å². The van der Waals surface area contributed by atoms with Gasteiger partial charge in [-0.1, -0.05) is 0 Å². The molecule has 1 aromatic carbocycles. The zero-order valence-corrected chi connectivity index (χ0v) is 14.6. The van der Waals surface area contributed by atoms with E-state index in [0.717, 1.165) is 23.4 Å². The number of nitrogens with zero attached hydrogens (tertiary/aromatic N) is 2. The number of amides is 1. The van der Waals surface area contributed by atoms with Gasteiger partial charge in [0.05, 0.1) is 11.8 Å². The first-order valence-electron chi connectivity index (χ1n) is 8.16. The molecule has 3 rings (SSSR count). The monoisotopic (exact) mass is 348 g/mol. The summed E-state index contributed by atoms with van der Waals surface area (Å²) in [5, 5.41) is 10.4. The third-order valence-electron chi connectivity index (χ3n) is 4.59. The van der Waals surface area contributed by atoms with Gasteiger partial charge in [0, 0.05) is 18.7 Å². The van der Waals surface area contributed by atoms with Crippen molar-refractivity contribution in [1.82, 2.24) is 9.88 Å². The molecule has 0 bridgehead atoms. The fraction of sp³-hybridized carbons (Fsp3) is 0.444. The number of hydrogen-bond acceptors (Lipinski definition) is 4. The average molecular weight is 348 g/mol. The van der Waals surface area contributed by atoms with Gasteiger partial charge in [0.25, 0.3) is 5.91 Å². The minimum Gasteiger partial charge on any atom is -0.393 e. The largest absolute Gasteiger partial charge is 0.393 e. The summed E-state index contributed by atoms with van der Waals surface area (Å²) in [4.78, 5) is 19.7. The Morgan fingerprint density at radius 2 is 1.96 bits per heavy atom. The van der Waals surface area contributed by atoms with Gasteiger partial charge in [-0.15, -0.1) is 11.3 Å². The number of aromatic nitrogens is 1. The second-order valence-electron chi connectivity index (χ2n) is 6.31. The topological polar surface area (TPSA) is 53.4 Å². The van der Waals surface area contributed by atoms with E-state index >= 15 is 0 Å². The van der Waals surface area contributed by atoms with Crippen molar-refractivity contribution in [1.29, 1.82) is 0 Å². The minimum absolute atomic E-state index is 0.00223. The van der Waals surface area contributed by atoms with Gasteiger partial charge in [-0.2, -0.15) is 0 Å².